The number of carbonyl (C=O) groups is 1. The zero-order chi connectivity index (χ0) is 17.8. The van der Waals surface area contributed by atoms with Crippen LogP contribution in [0.5, 0.6) is 0 Å². The Hall–Kier alpha value is -2.80. The normalized spacial score (nSPS) is 16.8. The molecular formula is C19H21N5O2. The Bertz CT molecular complexity index is 841. The molecule has 7 nitrogen and oxygen atoms in total. The van der Waals surface area contributed by atoms with Gasteiger partial charge >= 0.3 is 0 Å². The molecule has 0 spiro atoms. The highest BCUT2D eigenvalue weighted by atomic mass is 16.5. The Balaban J connectivity index is 1.50. The lowest BCUT2D eigenvalue weighted by molar-refractivity contribution is -0.134. The van der Waals surface area contributed by atoms with Gasteiger partial charge in [0.05, 0.1) is 6.10 Å². The minimum Gasteiger partial charge on any atom is -0.376 e. The predicted molar refractivity (Wildman–Crippen MR) is 96.2 cm³/mol. The molecule has 1 fully saturated rings. The van der Waals surface area contributed by atoms with E-state index in [2.05, 4.69) is 15.2 Å². The summed E-state index contributed by atoms with van der Waals surface area (Å²) >= 11 is 0. The summed E-state index contributed by atoms with van der Waals surface area (Å²) in [7, 11) is 0. The Morgan fingerprint density at radius 3 is 2.54 bits per heavy atom. The lowest BCUT2D eigenvalue weighted by Gasteiger charge is -2.25. The molecule has 0 N–H and O–H groups in total. The van der Waals surface area contributed by atoms with Gasteiger partial charge in [0, 0.05) is 32.1 Å². The van der Waals surface area contributed by atoms with Crippen LogP contribution in [0.15, 0.2) is 48.8 Å². The van der Waals surface area contributed by atoms with Gasteiger partial charge in [-0.05, 0) is 42.7 Å². The summed E-state index contributed by atoms with van der Waals surface area (Å²) in [6.45, 7) is 2.00. The van der Waals surface area contributed by atoms with Crippen molar-refractivity contribution in [1.29, 1.82) is 0 Å². The Kier molecular flexibility index (Phi) is 4.88. The molecule has 0 aliphatic carbocycles. The van der Waals surface area contributed by atoms with E-state index in [1.54, 1.807) is 12.4 Å². The van der Waals surface area contributed by atoms with Crippen molar-refractivity contribution in [2.24, 2.45) is 0 Å². The van der Waals surface area contributed by atoms with E-state index in [0.717, 1.165) is 36.0 Å². The number of nitrogens with zero attached hydrogens (tertiary/aromatic N) is 5. The molecule has 0 bridgehead atoms. The smallest absolute Gasteiger partial charge is 0.246 e. The molecular weight excluding hydrogens is 330 g/mol. The van der Waals surface area contributed by atoms with E-state index in [1.807, 2.05) is 41.3 Å². The second kappa shape index (κ2) is 7.61. The van der Waals surface area contributed by atoms with Crippen LogP contribution in [0.25, 0.3) is 11.0 Å². The number of hydrogen-bond acceptors (Lipinski definition) is 5. The summed E-state index contributed by atoms with van der Waals surface area (Å²) in [6, 6.07) is 11.5. The number of hydrogen-bond donors (Lipinski definition) is 0. The van der Waals surface area contributed by atoms with Gasteiger partial charge in [0.2, 0.25) is 5.91 Å². The van der Waals surface area contributed by atoms with Crippen molar-refractivity contribution in [3.05, 3.63) is 54.4 Å². The van der Waals surface area contributed by atoms with Crippen LogP contribution in [-0.2, 0) is 22.6 Å². The van der Waals surface area contributed by atoms with Gasteiger partial charge in [-0.1, -0.05) is 12.1 Å². The number of carbonyl (C=O) groups excluding carboxylic acids is 1. The Morgan fingerprint density at radius 1 is 1.15 bits per heavy atom. The molecule has 3 heterocycles. The quantitative estimate of drug-likeness (QED) is 0.679. The van der Waals surface area contributed by atoms with E-state index in [4.69, 9.17) is 4.74 Å². The molecule has 3 aromatic rings. The van der Waals surface area contributed by atoms with Crippen LogP contribution in [0.3, 0.4) is 0 Å². The highest BCUT2D eigenvalue weighted by molar-refractivity contribution is 5.77. The fraction of sp³-hybridized carbons (Fsp3) is 0.368. The SMILES string of the molecule is O=C(Cn1nc2ccccc2n1)N(Cc1ccncc1)CC1CCCO1. The molecule has 4 rings (SSSR count). The Morgan fingerprint density at radius 2 is 1.88 bits per heavy atom. The maximum atomic E-state index is 12.9. The first-order chi connectivity index (χ1) is 12.8. The molecule has 134 valence electrons. The average Bonchev–Trinajstić information content (AvgIpc) is 3.31. The summed E-state index contributed by atoms with van der Waals surface area (Å²) in [5, 5.41) is 8.78. The van der Waals surface area contributed by atoms with Crippen LogP contribution < -0.4 is 0 Å². The van der Waals surface area contributed by atoms with Gasteiger partial charge < -0.3 is 9.64 Å². The van der Waals surface area contributed by atoms with Crippen molar-refractivity contribution in [1.82, 2.24) is 24.9 Å². The molecule has 1 saturated heterocycles. The van der Waals surface area contributed by atoms with Crippen molar-refractivity contribution < 1.29 is 9.53 Å². The van der Waals surface area contributed by atoms with E-state index < -0.39 is 0 Å². The van der Waals surface area contributed by atoms with Gasteiger partial charge in [0.15, 0.2) is 0 Å². The van der Waals surface area contributed by atoms with Gasteiger partial charge in [-0.2, -0.15) is 15.0 Å². The molecule has 1 unspecified atom stereocenters. The van der Waals surface area contributed by atoms with Crippen molar-refractivity contribution >= 4 is 16.9 Å². The first kappa shape index (κ1) is 16.7. The van der Waals surface area contributed by atoms with Crippen LogP contribution in [0.4, 0.5) is 0 Å². The van der Waals surface area contributed by atoms with Crippen LogP contribution in [-0.4, -0.2) is 50.0 Å². The molecule has 7 heteroatoms. The summed E-state index contributed by atoms with van der Waals surface area (Å²) in [5.74, 6) is -0.0161. The molecule has 1 amide bonds. The zero-order valence-electron chi connectivity index (χ0n) is 14.5. The summed E-state index contributed by atoms with van der Waals surface area (Å²) < 4.78 is 5.73. The maximum absolute atomic E-state index is 12.9. The largest absolute Gasteiger partial charge is 0.376 e. The average molecular weight is 351 g/mol. The first-order valence-electron chi connectivity index (χ1n) is 8.86. The summed E-state index contributed by atoms with van der Waals surface area (Å²) in [6.07, 6.45) is 5.63. The molecule has 1 aliphatic rings. The van der Waals surface area contributed by atoms with Gasteiger partial charge in [-0.3, -0.25) is 9.78 Å². The standard InChI is InChI=1S/C19H21N5O2/c25-19(14-24-21-17-5-1-2-6-18(17)22-24)23(13-16-4-3-11-26-16)12-15-7-9-20-10-8-15/h1-2,5-10,16H,3-4,11-14H2. The number of benzene rings is 1. The fourth-order valence-electron chi connectivity index (χ4n) is 3.19. The van der Waals surface area contributed by atoms with Gasteiger partial charge in [-0.25, -0.2) is 0 Å². The van der Waals surface area contributed by atoms with Gasteiger partial charge in [0.25, 0.3) is 0 Å². The minimum absolute atomic E-state index is 0.0161. The van der Waals surface area contributed by atoms with Crippen molar-refractivity contribution in [2.75, 3.05) is 13.2 Å². The number of rotatable bonds is 6. The van der Waals surface area contributed by atoms with Gasteiger partial charge in [-0.15, -0.1) is 0 Å². The highest BCUT2D eigenvalue weighted by Crippen LogP contribution is 2.16. The van der Waals surface area contributed by atoms with E-state index in [9.17, 15) is 4.79 Å². The zero-order valence-corrected chi connectivity index (χ0v) is 14.5. The molecule has 26 heavy (non-hydrogen) atoms. The van der Waals surface area contributed by atoms with E-state index in [1.165, 1.54) is 4.80 Å². The number of ether oxygens (including phenoxy) is 1. The number of amides is 1. The lowest BCUT2D eigenvalue weighted by Crippen LogP contribution is -2.39. The fourth-order valence-corrected chi connectivity index (χ4v) is 3.19. The van der Waals surface area contributed by atoms with Crippen LogP contribution in [0, 0.1) is 0 Å². The van der Waals surface area contributed by atoms with Gasteiger partial charge in [0.1, 0.15) is 17.6 Å². The third kappa shape index (κ3) is 3.88. The molecule has 1 aliphatic heterocycles. The van der Waals surface area contributed by atoms with Crippen LogP contribution >= 0.6 is 0 Å². The third-order valence-electron chi connectivity index (χ3n) is 4.53. The van der Waals surface area contributed by atoms with E-state index in [-0.39, 0.29) is 18.6 Å². The second-order valence-electron chi connectivity index (χ2n) is 6.48. The van der Waals surface area contributed by atoms with E-state index in [0.29, 0.717) is 13.1 Å². The number of fused-ring (bicyclic) bond motifs is 1. The van der Waals surface area contributed by atoms with Crippen molar-refractivity contribution in [3.63, 3.8) is 0 Å². The third-order valence-corrected chi connectivity index (χ3v) is 4.53. The lowest BCUT2D eigenvalue weighted by atomic mass is 10.2. The molecule has 1 atom stereocenters. The van der Waals surface area contributed by atoms with E-state index >= 15 is 0 Å². The predicted octanol–water partition coefficient (Wildman–Crippen LogP) is 2.03. The molecule has 0 radical (unpaired) electrons. The Labute approximate surface area is 151 Å². The summed E-state index contributed by atoms with van der Waals surface area (Å²) in [4.78, 5) is 20.3. The maximum Gasteiger partial charge on any atom is 0.246 e. The number of pyridine rings is 1. The van der Waals surface area contributed by atoms with Crippen molar-refractivity contribution in [3.8, 4) is 0 Å². The minimum atomic E-state index is -0.0161. The summed E-state index contributed by atoms with van der Waals surface area (Å²) in [5.41, 5.74) is 2.63. The van der Waals surface area contributed by atoms with Crippen molar-refractivity contribution in [2.45, 2.75) is 32.0 Å². The first-order valence-corrected chi connectivity index (χ1v) is 8.86. The van der Waals surface area contributed by atoms with Crippen LogP contribution in [0.1, 0.15) is 18.4 Å². The second-order valence-corrected chi connectivity index (χ2v) is 6.48. The number of aromatic nitrogens is 4. The molecule has 2 aromatic heterocycles. The topological polar surface area (TPSA) is 73.1 Å². The molecule has 0 saturated carbocycles. The monoisotopic (exact) mass is 351 g/mol. The highest BCUT2D eigenvalue weighted by Gasteiger charge is 2.23. The van der Waals surface area contributed by atoms with Crippen LogP contribution in [0.2, 0.25) is 0 Å². The molecule has 1 aromatic carbocycles.